The number of nitrogens with one attached hydrogen (secondary N) is 1. The van der Waals surface area contributed by atoms with Crippen molar-refractivity contribution in [2.75, 3.05) is 6.54 Å². The standard InChI is InChI=1S/C20H24FN3O/c1-15-5-6-16(12-19(15)21)14-24-18(7-8-20(24)25)9-11-22-13-17-4-2-3-10-23-17/h2-6,10,12,18,22H,7-9,11,13-14H2,1H3/t18-/m1/s1. The SMILES string of the molecule is Cc1ccc(CN2C(=O)CC[C@@H]2CCNCc2ccccn2)cc1F. The van der Waals surface area contributed by atoms with Gasteiger partial charge in [-0.05, 0) is 55.6 Å². The van der Waals surface area contributed by atoms with Crippen molar-refractivity contribution in [3.63, 3.8) is 0 Å². The topological polar surface area (TPSA) is 45.2 Å². The van der Waals surface area contributed by atoms with Crippen LogP contribution in [0.5, 0.6) is 0 Å². The molecule has 1 saturated heterocycles. The average molecular weight is 341 g/mol. The molecule has 5 heteroatoms. The number of hydrogen-bond acceptors (Lipinski definition) is 3. The number of likely N-dealkylation sites (tertiary alicyclic amines) is 1. The van der Waals surface area contributed by atoms with E-state index < -0.39 is 0 Å². The second kappa shape index (κ2) is 8.21. The Morgan fingerprint density at radius 1 is 1.32 bits per heavy atom. The summed E-state index contributed by atoms with van der Waals surface area (Å²) in [5.41, 5.74) is 2.49. The maximum Gasteiger partial charge on any atom is 0.223 e. The number of aromatic nitrogens is 1. The van der Waals surface area contributed by atoms with E-state index in [1.165, 1.54) is 6.07 Å². The second-order valence-corrected chi connectivity index (χ2v) is 6.58. The van der Waals surface area contributed by atoms with Crippen LogP contribution in [0.1, 0.15) is 36.1 Å². The number of carbonyl (C=O) groups excluding carboxylic acids is 1. The van der Waals surface area contributed by atoms with E-state index in [4.69, 9.17) is 0 Å². The molecule has 0 radical (unpaired) electrons. The average Bonchev–Trinajstić information content (AvgIpc) is 2.96. The highest BCUT2D eigenvalue weighted by Crippen LogP contribution is 2.24. The molecule has 2 aromatic rings. The van der Waals surface area contributed by atoms with Crippen LogP contribution in [0, 0.1) is 12.7 Å². The largest absolute Gasteiger partial charge is 0.335 e. The third-order valence-corrected chi connectivity index (χ3v) is 4.73. The van der Waals surface area contributed by atoms with Crippen molar-refractivity contribution >= 4 is 5.91 Å². The molecule has 1 aliphatic heterocycles. The molecule has 1 atom stereocenters. The van der Waals surface area contributed by atoms with Gasteiger partial charge in [-0.1, -0.05) is 18.2 Å². The number of pyridine rings is 1. The predicted molar refractivity (Wildman–Crippen MR) is 95.3 cm³/mol. The van der Waals surface area contributed by atoms with Crippen molar-refractivity contribution in [3.05, 3.63) is 65.2 Å². The van der Waals surface area contributed by atoms with Gasteiger partial charge in [-0.15, -0.1) is 0 Å². The monoisotopic (exact) mass is 341 g/mol. The quantitative estimate of drug-likeness (QED) is 0.787. The summed E-state index contributed by atoms with van der Waals surface area (Å²) >= 11 is 0. The minimum Gasteiger partial charge on any atom is -0.335 e. The molecule has 0 unspecified atom stereocenters. The number of nitrogens with zero attached hydrogens (tertiary/aromatic N) is 2. The molecular weight excluding hydrogens is 317 g/mol. The number of aryl methyl sites for hydroxylation is 1. The van der Waals surface area contributed by atoms with E-state index in [0.29, 0.717) is 18.5 Å². The van der Waals surface area contributed by atoms with Crippen molar-refractivity contribution in [3.8, 4) is 0 Å². The highest BCUT2D eigenvalue weighted by Gasteiger charge is 2.30. The molecule has 1 aromatic heterocycles. The molecule has 25 heavy (non-hydrogen) atoms. The molecule has 1 N–H and O–H groups in total. The minimum atomic E-state index is -0.210. The first-order valence-corrected chi connectivity index (χ1v) is 8.78. The van der Waals surface area contributed by atoms with Gasteiger partial charge in [0.15, 0.2) is 0 Å². The fourth-order valence-electron chi connectivity index (χ4n) is 3.23. The second-order valence-electron chi connectivity index (χ2n) is 6.58. The number of benzene rings is 1. The summed E-state index contributed by atoms with van der Waals surface area (Å²) in [5.74, 6) is -0.0477. The molecule has 2 heterocycles. The molecule has 0 bridgehead atoms. The van der Waals surface area contributed by atoms with Crippen LogP contribution in [0.4, 0.5) is 4.39 Å². The highest BCUT2D eigenvalue weighted by atomic mass is 19.1. The van der Waals surface area contributed by atoms with Gasteiger partial charge in [-0.2, -0.15) is 0 Å². The third-order valence-electron chi connectivity index (χ3n) is 4.73. The molecule has 0 aliphatic carbocycles. The molecule has 1 amide bonds. The number of carbonyl (C=O) groups is 1. The first kappa shape index (κ1) is 17.5. The number of rotatable bonds is 7. The summed E-state index contributed by atoms with van der Waals surface area (Å²) in [7, 11) is 0. The van der Waals surface area contributed by atoms with Crippen LogP contribution in [0.3, 0.4) is 0 Å². The normalized spacial score (nSPS) is 17.3. The molecule has 1 aromatic carbocycles. The maximum absolute atomic E-state index is 13.7. The van der Waals surface area contributed by atoms with Gasteiger partial charge < -0.3 is 10.2 Å². The molecular formula is C20H24FN3O. The lowest BCUT2D eigenvalue weighted by molar-refractivity contribution is -0.129. The van der Waals surface area contributed by atoms with Crippen LogP contribution >= 0.6 is 0 Å². The van der Waals surface area contributed by atoms with Gasteiger partial charge in [-0.3, -0.25) is 9.78 Å². The molecule has 3 rings (SSSR count). The maximum atomic E-state index is 13.7. The Kier molecular flexibility index (Phi) is 5.76. The predicted octanol–water partition coefficient (Wildman–Crippen LogP) is 3.20. The van der Waals surface area contributed by atoms with E-state index in [1.807, 2.05) is 29.2 Å². The Morgan fingerprint density at radius 2 is 2.20 bits per heavy atom. The molecule has 132 valence electrons. The number of amides is 1. The summed E-state index contributed by atoms with van der Waals surface area (Å²) in [4.78, 5) is 18.4. The summed E-state index contributed by atoms with van der Waals surface area (Å²) in [6.45, 7) is 3.79. The van der Waals surface area contributed by atoms with Crippen molar-refractivity contribution < 1.29 is 9.18 Å². The van der Waals surface area contributed by atoms with Gasteiger partial charge in [-0.25, -0.2) is 4.39 Å². The summed E-state index contributed by atoms with van der Waals surface area (Å²) in [6.07, 6.45) is 4.14. The van der Waals surface area contributed by atoms with E-state index in [9.17, 15) is 9.18 Å². The van der Waals surface area contributed by atoms with Crippen LogP contribution in [-0.2, 0) is 17.9 Å². The zero-order valence-corrected chi connectivity index (χ0v) is 14.5. The van der Waals surface area contributed by atoms with Crippen LogP contribution in [-0.4, -0.2) is 28.4 Å². The first-order valence-electron chi connectivity index (χ1n) is 8.78. The third kappa shape index (κ3) is 4.63. The minimum absolute atomic E-state index is 0.163. The van der Waals surface area contributed by atoms with Gasteiger partial charge in [0.1, 0.15) is 5.82 Å². The van der Waals surface area contributed by atoms with Crippen LogP contribution < -0.4 is 5.32 Å². The van der Waals surface area contributed by atoms with Crippen LogP contribution in [0.2, 0.25) is 0 Å². The van der Waals surface area contributed by atoms with Crippen molar-refractivity contribution in [2.45, 2.75) is 45.3 Å². The van der Waals surface area contributed by atoms with E-state index in [2.05, 4.69) is 10.3 Å². The van der Waals surface area contributed by atoms with Crippen molar-refractivity contribution in [1.82, 2.24) is 15.2 Å². The Labute approximate surface area is 148 Å². The first-order chi connectivity index (χ1) is 12.1. The van der Waals surface area contributed by atoms with E-state index >= 15 is 0 Å². The molecule has 0 spiro atoms. The van der Waals surface area contributed by atoms with Gasteiger partial charge in [0.05, 0.1) is 5.69 Å². The Balaban J connectivity index is 1.51. The molecule has 4 nitrogen and oxygen atoms in total. The van der Waals surface area contributed by atoms with Crippen molar-refractivity contribution in [2.24, 2.45) is 0 Å². The Bertz CT molecular complexity index is 720. The fraction of sp³-hybridized carbons (Fsp3) is 0.400. The van der Waals surface area contributed by atoms with Gasteiger partial charge in [0.2, 0.25) is 5.91 Å². The Hall–Kier alpha value is -2.27. The van der Waals surface area contributed by atoms with E-state index in [-0.39, 0.29) is 17.8 Å². The molecule has 0 saturated carbocycles. The lowest BCUT2D eigenvalue weighted by Gasteiger charge is -2.25. The number of hydrogen-bond donors (Lipinski definition) is 1. The Morgan fingerprint density at radius 3 is 2.96 bits per heavy atom. The summed E-state index contributed by atoms with van der Waals surface area (Å²) in [5, 5.41) is 3.38. The zero-order chi connectivity index (χ0) is 17.6. The van der Waals surface area contributed by atoms with Crippen LogP contribution in [0.15, 0.2) is 42.6 Å². The smallest absolute Gasteiger partial charge is 0.223 e. The summed E-state index contributed by atoms with van der Waals surface area (Å²) < 4.78 is 13.7. The zero-order valence-electron chi connectivity index (χ0n) is 14.5. The number of halogens is 1. The van der Waals surface area contributed by atoms with Crippen LogP contribution in [0.25, 0.3) is 0 Å². The molecule has 1 fully saturated rings. The fourth-order valence-corrected chi connectivity index (χ4v) is 3.23. The van der Waals surface area contributed by atoms with E-state index in [0.717, 1.165) is 37.2 Å². The van der Waals surface area contributed by atoms with Gasteiger partial charge >= 0.3 is 0 Å². The summed E-state index contributed by atoms with van der Waals surface area (Å²) in [6, 6.07) is 11.3. The lowest BCUT2D eigenvalue weighted by atomic mass is 10.1. The lowest BCUT2D eigenvalue weighted by Crippen LogP contribution is -2.34. The highest BCUT2D eigenvalue weighted by molar-refractivity contribution is 5.78. The van der Waals surface area contributed by atoms with E-state index in [1.54, 1.807) is 19.2 Å². The van der Waals surface area contributed by atoms with Gasteiger partial charge in [0, 0.05) is 31.7 Å². The van der Waals surface area contributed by atoms with Crippen molar-refractivity contribution in [1.29, 1.82) is 0 Å². The van der Waals surface area contributed by atoms with Gasteiger partial charge in [0.25, 0.3) is 0 Å². The molecule has 1 aliphatic rings.